The van der Waals surface area contributed by atoms with Gasteiger partial charge in [-0.1, -0.05) is 79.3 Å². The van der Waals surface area contributed by atoms with Crippen LogP contribution in [0.1, 0.15) is 49.3 Å². The minimum atomic E-state index is 0.270. The van der Waals surface area contributed by atoms with Gasteiger partial charge in [-0.25, -0.2) is 0 Å². The average Bonchev–Trinajstić information content (AvgIpc) is 2.61. The third kappa shape index (κ3) is 3.88. The van der Waals surface area contributed by atoms with Gasteiger partial charge in [0.15, 0.2) is 0 Å². The molecule has 2 heteroatoms. The van der Waals surface area contributed by atoms with E-state index in [2.05, 4.69) is 72.5 Å². The smallest absolute Gasteiger partial charge is 0.0462 e. The predicted molar refractivity (Wildman–Crippen MR) is 102 cm³/mol. The fourth-order valence-electron chi connectivity index (χ4n) is 3.76. The predicted octanol–water partition coefficient (Wildman–Crippen LogP) is 5.39. The van der Waals surface area contributed by atoms with Crippen LogP contribution in [0.3, 0.4) is 0 Å². The van der Waals surface area contributed by atoms with Crippen LogP contribution in [-0.2, 0) is 0 Å². The standard InChI is InChI=1S/C21H25NS/c1-17(23)20(18-11-5-2-6-12-18)21(19-13-7-3-8-14-19)22-15-9-4-10-16-22/h2-3,5-8,11-14,20-21H,4,9-10,15-16H2,1H3/t20-,21-/m1/s1. The molecular weight excluding hydrogens is 298 g/mol. The third-order valence-corrected chi connectivity index (χ3v) is 5.09. The Morgan fingerprint density at radius 3 is 1.87 bits per heavy atom. The van der Waals surface area contributed by atoms with Crippen molar-refractivity contribution in [2.45, 2.75) is 38.1 Å². The van der Waals surface area contributed by atoms with Gasteiger partial charge in [0, 0.05) is 12.0 Å². The number of thiocarbonyl (C=S) groups is 1. The van der Waals surface area contributed by atoms with Crippen LogP contribution in [0.5, 0.6) is 0 Å². The Kier molecular flexibility index (Phi) is 5.58. The molecule has 0 spiro atoms. The number of hydrogen-bond donors (Lipinski definition) is 0. The zero-order chi connectivity index (χ0) is 16.1. The Morgan fingerprint density at radius 1 is 0.826 bits per heavy atom. The molecule has 1 aliphatic rings. The van der Waals surface area contributed by atoms with Crippen LogP contribution in [0.25, 0.3) is 0 Å². The molecule has 1 fully saturated rings. The van der Waals surface area contributed by atoms with Crippen molar-refractivity contribution in [2.24, 2.45) is 0 Å². The molecule has 1 aliphatic heterocycles. The molecule has 0 radical (unpaired) electrons. The maximum Gasteiger partial charge on any atom is 0.0462 e. The average molecular weight is 324 g/mol. The lowest BCUT2D eigenvalue weighted by Crippen LogP contribution is -2.38. The van der Waals surface area contributed by atoms with Crippen LogP contribution in [0.2, 0.25) is 0 Å². The zero-order valence-corrected chi connectivity index (χ0v) is 14.6. The van der Waals surface area contributed by atoms with Crippen LogP contribution in [0, 0.1) is 0 Å². The first-order chi connectivity index (χ1) is 11.3. The topological polar surface area (TPSA) is 3.24 Å². The molecule has 1 saturated heterocycles. The van der Waals surface area contributed by atoms with Crippen LogP contribution >= 0.6 is 12.2 Å². The Labute approximate surface area is 145 Å². The van der Waals surface area contributed by atoms with Crippen molar-refractivity contribution in [1.82, 2.24) is 4.90 Å². The molecule has 0 N–H and O–H groups in total. The Bertz CT molecular complexity index is 617. The molecule has 0 amide bonds. The van der Waals surface area contributed by atoms with Crippen molar-refractivity contribution in [3.05, 3.63) is 71.8 Å². The third-order valence-electron chi connectivity index (χ3n) is 4.84. The van der Waals surface area contributed by atoms with Crippen LogP contribution in [0.15, 0.2) is 60.7 Å². The Balaban J connectivity index is 2.03. The first kappa shape index (κ1) is 16.4. The van der Waals surface area contributed by atoms with Crippen molar-refractivity contribution in [3.8, 4) is 0 Å². The molecule has 0 aromatic heterocycles. The summed E-state index contributed by atoms with van der Waals surface area (Å²) >= 11 is 5.72. The molecule has 0 bridgehead atoms. The van der Waals surface area contributed by atoms with Crippen LogP contribution in [-0.4, -0.2) is 22.9 Å². The molecule has 1 nitrogen and oxygen atoms in total. The number of piperidine rings is 1. The minimum absolute atomic E-state index is 0.270. The maximum atomic E-state index is 5.72. The van der Waals surface area contributed by atoms with Crippen molar-refractivity contribution < 1.29 is 0 Å². The number of nitrogens with zero attached hydrogens (tertiary/aromatic N) is 1. The molecule has 120 valence electrons. The first-order valence-corrected chi connectivity index (χ1v) is 9.02. The van der Waals surface area contributed by atoms with E-state index < -0.39 is 0 Å². The monoisotopic (exact) mass is 323 g/mol. The second kappa shape index (κ2) is 7.85. The summed E-state index contributed by atoms with van der Waals surface area (Å²) in [6.07, 6.45) is 3.94. The molecule has 0 saturated carbocycles. The molecule has 2 atom stereocenters. The van der Waals surface area contributed by atoms with E-state index in [-0.39, 0.29) is 5.92 Å². The first-order valence-electron chi connectivity index (χ1n) is 8.62. The van der Waals surface area contributed by atoms with Gasteiger partial charge in [0.25, 0.3) is 0 Å². The fraction of sp³-hybridized carbons (Fsp3) is 0.381. The van der Waals surface area contributed by atoms with Crippen molar-refractivity contribution in [3.63, 3.8) is 0 Å². The normalized spacial score (nSPS) is 18.3. The molecule has 0 unspecified atom stereocenters. The summed E-state index contributed by atoms with van der Waals surface area (Å²) in [4.78, 5) is 3.72. The van der Waals surface area contributed by atoms with E-state index in [0.29, 0.717) is 6.04 Å². The van der Waals surface area contributed by atoms with E-state index in [1.54, 1.807) is 0 Å². The molecule has 0 aliphatic carbocycles. The number of likely N-dealkylation sites (tertiary alicyclic amines) is 1. The van der Waals surface area contributed by atoms with E-state index in [0.717, 1.165) is 4.86 Å². The highest BCUT2D eigenvalue weighted by molar-refractivity contribution is 7.80. The summed E-state index contributed by atoms with van der Waals surface area (Å²) in [6, 6.07) is 22.0. The minimum Gasteiger partial charge on any atom is -0.295 e. The van der Waals surface area contributed by atoms with Gasteiger partial charge < -0.3 is 0 Å². The summed E-state index contributed by atoms with van der Waals surface area (Å²) in [6.45, 7) is 4.45. The number of hydrogen-bond acceptors (Lipinski definition) is 2. The summed E-state index contributed by atoms with van der Waals surface area (Å²) in [5, 5.41) is 0. The summed E-state index contributed by atoms with van der Waals surface area (Å²) in [5.41, 5.74) is 2.71. The maximum absolute atomic E-state index is 5.72. The molecule has 23 heavy (non-hydrogen) atoms. The summed E-state index contributed by atoms with van der Waals surface area (Å²) in [7, 11) is 0. The van der Waals surface area contributed by atoms with Gasteiger partial charge >= 0.3 is 0 Å². The highest BCUT2D eigenvalue weighted by Crippen LogP contribution is 2.38. The van der Waals surface area contributed by atoms with E-state index in [1.165, 1.54) is 43.5 Å². The zero-order valence-electron chi connectivity index (χ0n) is 13.8. The Morgan fingerprint density at radius 2 is 1.35 bits per heavy atom. The fourth-order valence-corrected chi connectivity index (χ4v) is 4.03. The van der Waals surface area contributed by atoms with Crippen molar-refractivity contribution >= 4 is 17.1 Å². The lowest BCUT2D eigenvalue weighted by Gasteiger charge is -2.39. The number of rotatable bonds is 5. The van der Waals surface area contributed by atoms with Gasteiger partial charge in [0.05, 0.1) is 0 Å². The molecular formula is C21H25NS. The largest absolute Gasteiger partial charge is 0.295 e. The van der Waals surface area contributed by atoms with E-state index >= 15 is 0 Å². The molecule has 1 heterocycles. The van der Waals surface area contributed by atoms with E-state index in [1.807, 2.05) is 0 Å². The van der Waals surface area contributed by atoms with Gasteiger partial charge in [-0.15, -0.1) is 0 Å². The lowest BCUT2D eigenvalue weighted by atomic mass is 9.83. The van der Waals surface area contributed by atoms with E-state index in [4.69, 9.17) is 12.2 Å². The van der Waals surface area contributed by atoms with Crippen LogP contribution < -0.4 is 0 Å². The van der Waals surface area contributed by atoms with Gasteiger partial charge in [0.1, 0.15) is 0 Å². The Hall–Kier alpha value is -1.51. The quantitative estimate of drug-likeness (QED) is 0.679. The van der Waals surface area contributed by atoms with Gasteiger partial charge in [-0.2, -0.15) is 0 Å². The van der Waals surface area contributed by atoms with Crippen LogP contribution in [0.4, 0.5) is 0 Å². The summed E-state index contributed by atoms with van der Waals surface area (Å²) in [5.74, 6) is 0.270. The summed E-state index contributed by atoms with van der Waals surface area (Å²) < 4.78 is 0. The van der Waals surface area contributed by atoms with Crippen molar-refractivity contribution in [1.29, 1.82) is 0 Å². The van der Waals surface area contributed by atoms with E-state index in [9.17, 15) is 0 Å². The van der Waals surface area contributed by atoms with Gasteiger partial charge in [-0.05, 0) is 48.8 Å². The van der Waals surface area contributed by atoms with Gasteiger partial charge in [0.2, 0.25) is 0 Å². The van der Waals surface area contributed by atoms with Crippen molar-refractivity contribution in [2.75, 3.05) is 13.1 Å². The molecule has 2 aromatic rings. The SMILES string of the molecule is CC(=S)[C@H](c1ccccc1)[C@@H](c1ccccc1)N1CCCCC1. The molecule has 3 rings (SSSR count). The molecule has 2 aromatic carbocycles. The lowest BCUT2D eigenvalue weighted by molar-refractivity contribution is 0.156. The highest BCUT2D eigenvalue weighted by Gasteiger charge is 2.32. The second-order valence-electron chi connectivity index (χ2n) is 6.45. The highest BCUT2D eigenvalue weighted by atomic mass is 32.1. The second-order valence-corrected chi connectivity index (χ2v) is 7.10. The number of benzene rings is 2. The van der Waals surface area contributed by atoms with Gasteiger partial charge in [-0.3, -0.25) is 4.90 Å².